The van der Waals surface area contributed by atoms with Crippen molar-refractivity contribution in [3.63, 3.8) is 0 Å². The van der Waals surface area contributed by atoms with Crippen LogP contribution in [0.4, 0.5) is 5.69 Å². The Morgan fingerprint density at radius 3 is 2.37 bits per heavy atom. The highest BCUT2D eigenvalue weighted by Gasteiger charge is 2.26. The molecule has 27 heavy (non-hydrogen) atoms. The molecule has 0 radical (unpaired) electrons. The van der Waals surface area contributed by atoms with Crippen molar-refractivity contribution >= 4 is 11.6 Å². The van der Waals surface area contributed by atoms with Crippen LogP contribution < -0.4 is 10.6 Å². The highest BCUT2D eigenvalue weighted by molar-refractivity contribution is 5.94. The average Bonchev–Trinajstić information content (AvgIpc) is 2.67. The second kappa shape index (κ2) is 9.89. The van der Waals surface area contributed by atoms with Crippen LogP contribution in [0.25, 0.3) is 0 Å². The van der Waals surface area contributed by atoms with E-state index in [4.69, 9.17) is 0 Å². The lowest BCUT2D eigenvalue weighted by molar-refractivity contribution is -0.718. The smallest absolute Gasteiger partial charge is 0.282 e. The van der Waals surface area contributed by atoms with Gasteiger partial charge in [0, 0.05) is 11.5 Å². The van der Waals surface area contributed by atoms with Crippen molar-refractivity contribution in [1.82, 2.24) is 0 Å². The average molecular weight is 365 g/mol. The van der Waals surface area contributed by atoms with Crippen molar-refractivity contribution in [2.24, 2.45) is 5.92 Å². The lowest BCUT2D eigenvalue weighted by Crippen LogP contribution is -2.93. The molecule has 142 valence electrons. The number of nitriles is 1. The van der Waals surface area contributed by atoms with E-state index in [-0.39, 0.29) is 18.0 Å². The second-order valence-electron chi connectivity index (χ2n) is 7.39. The Kier molecular flexibility index (Phi) is 7.57. The van der Waals surface area contributed by atoms with Crippen molar-refractivity contribution in [2.75, 3.05) is 5.32 Å². The largest absolute Gasteiger partial charge is 0.330 e. The van der Waals surface area contributed by atoms with E-state index in [2.05, 4.69) is 61.7 Å². The first kappa shape index (κ1) is 20.7. The first-order valence-electron chi connectivity index (χ1n) is 9.70. The van der Waals surface area contributed by atoms with E-state index in [0.717, 1.165) is 12.8 Å². The van der Waals surface area contributed by atoms with Crippen LogP contribution in [0.15, 0.2) is 48.5 Å². The Balaban J connectivity index is 2.08. The van der Waals surface area contributed by atoms with Gasteiger partial charge < -0.3 is 10.6 Å². The Morgan fingerprint density at radius 2 is 1.78 bits per heavy atom. The number of nitrogens with one attached hydrogen (secondary N) is 1. The molecule has 0 aliphatic heterocycles. The summed E-state index contributed by atoms with van der Waals surface area (Å²) in [5.74, 6) is 0.301. The van der Waals surface area contributed by atoms with Crippen LogP contribution >= 0.6 is 0 Å². The van der Waals surface area contributed by atoms with Gasteiger partial charge in [-0.2, -0.15) is 5.26 Å². The van der Waals surface area contributed by atoms with Gasteiger partial charge in [-0.05, 0) is 31.0 Å². The van der Waals surface area contributed by atoms with Crippen molar-refractivity contribution < 1.29 is 10.1 Å². The molecular formula is C23H30N3O+. The molecule has 0 bridgehead atoms. The summed E-state index contributed by atoms with van der Waals surface area (Å²) in [5.41, 5.74) is 3.63. The second-order valence-corrected chi connectivity index (χ2v) is 7.39. The first-order valence-corrected chi connectivity index (χ1v) is 9.70. The predicted molar refractivity (Wildman–Crippen MR) is 109 cm³/mol. The van der Waals surface area contributed by atoms with Crippen molar-refractivity contribution in [3.05, 3.63) is 65.2 Å². The summed E-state index contributed by atoms with van der Waals surface area (Å²) in [5, 5.41) is 14.2. The zero-order chi connectivity index (χ0) is 19.8. The van der Waals surface area contributed by atoms with Gasteiger partial charge in [-0.15, -0.1) is 0 Å². The summed E-state index contributed by atoms with van der Waals surface area (Å²) >= 11 is 0. The maximum absolute atomic E-state index is 12.7. The van der Waals surface area contributed by atoms with Gasteiger partial charge in [-0.1, -0.05) is 63.6 Å². The SMILES string of the molecule is CCCc1ccc([C@H]([NH2+][C@@H](C)C(=O)Nc2ccccc2C#N)C(C)C)cc1. The number of carbonyl (C=O) groups excluding carboxylic acids is 1. The van der Waals surface area contributed by atoms with E-state index in [0.29, 0.717) is 17.2 Å². The molecule has 3 N–H and O–H groups in total. The number of benzene rings is 2. The molecule has 0 aliphatic rings. The summed E-state index contributed by atoms with van der Waals surface area (Å²) in [4.78, 5) is 12.7. The maximum Gasteiger partial charge on any atom is 0.282 e. The molecule has 0 saturated carbocycles. The molecule has 1 amide bonds. The van der Waals surface area contributed by atoms with E-state index in [1.807, 2.05) is 13.0 Å². The van der Waals surface area contributed by atoms with Crippen molar-refractivity contribution in [3.8, 4) is 6.07 Å². The molecule has 0 aromatic heterocycles. The number of anilines is 1. The molecule has 2 rings (SSSR count). The number of carbonyl (C=O) groups is 1. The molecule has 0 aliphatic carbocycles. The third kappa shape index (κ3) is 5.67. The molecule has 2 aromatic carbocycles. The molecule has 4 heteroatoms. The molecule has 0 heterocycles. The number of para-hydroxylation sites is 1. The molecule has 2 atom stereocenters. The minimum Gasteiger partial charge on any atom is -0.330 e. The van der Waals surface area contributed by atoms with E-state index in [9.17, 15) is 10.1 Å². The van der Waals surface area contributed by atoms with Crippen LogP contribution in [0.5, 0.6) is 0 Å². The van der Waals surface area contributed by atoms with Crippen LogP contribution in [-0.2, 0) is 11.2 Å². The van der Waals surface area contributed by atoms with Crippen LogP contribution in [0, 0.1) is 17.2 Å². The van der Waals surface area contributed by atoms with Gasteiger partial charge >= 0.3 is 0 Å². The van der Waals surface area contributed by atoms with E-state index in [1.54, 1.807) is 18.2 Å². The normalized spacial score (nSPS) is 13.0. The van der Waals surface area contributed by atoms with Gasteiger partial charge in [0.25, 0.3) is 5.91 Å². The standard InChI is InChI=1S/C23H29N3O/c1-5-8-18-11-13-19(14-12-18)22(16(2)3)25-17(4)23(27)26-21-10-7-6-9-20(21)15-24/h6-7,9-14,16-17,22,25H,5,8H2,1-4H3,(H,26,27)/p+1/t17-,22+/m0/s1. The Bertz CT molecular complexity index is 790. The topological polar surface area (TPSA) is 69.5 Å². The first-order chi connectivity index (χ1) is 13.0. The fourth-order valence-electron chi connectivity index (χ4n) is 3.25. The van der Waals surface area contributed by atoms with E-state index >= 15 is 0 Å². The zero-order valence-corrected chi connectivity index (χ0v) is 16.7. The third-order valence-electron chi connectivity index (χ3n) is 4.84. The number of quaternary nitrogens is 1. The van der Waals surface area contributed by atoms with Crippen molar-refractivity contribution in [2.45, 2.75) is 52.6 Å². The Labute approximate surface area is 162 Å². The number of amides is 1. The molecule has 0 saturated heterocycles. The Morgan fingerprint density at radius 1 is 1.11 bits per heavy atom. The number of hydrogen-bond donors (Lipinski definition) is 2. The fourth-order valence-corrected chi connectivity index (χ4v) is 3.25. The van der Waals surface area contributed by atoms with Crippen LogP contribution in [0.3, 0.4) is 0 Å². The summed E-state index contributed by atoms with van der Waals surface area (Å²) < 4.78 is 0. The van der Waals surface area contributed by atoms with Gasteiger partial charge in [0.1, 0.15) is 12.1 Å². The van der Waals surface area contributed by atoms with E-state index < -0.39 is 0 Å². The quantitative estimate of drug-likeness (QED) is 0.748. The number of nitrogens with two attached hydrogens (primary N) is 1. The predicted octanol–water partition coefficient (Wildman–Crippen LogP) is 3.80. The summed E-state index contributed by atoms with van der Waals surface area (Å²) in [6, 6.07) is 17.9. The third-order valence-corrected chi connectivity index (χ3v) is 4.84. The van der Waals surface area contributed by atoms with Crippen LogP contribution in [0.1, 0.15) is 56.8 Å². The van der Waals surface area contributed by atoms with Gasteiger partial charge in [0.05, 0.1) is 11.3 Å². The monoisotopic (exact) mass is 364 g/mol. The molecule has 2 aromatic rings. The summed E-state index contributed by atoms with van der Waals surface area (Å²) in [6.07, 6.45) is 2.23. The maximum atomic E-state index is 12.7. The fraction of sp³-hybridized carbons (Fsp3) is 0.391. The van der Waals surface area contributed by atoms with E-state index in [1.165, 1.54) is 11.1 Å². The van der Waals surface area contributed by atoms with Crippen molar-refractivity contribution in [1.29, 1.82) is 5.26 Å². The summed E-state index contributed by atoms with van der Waals surface area (Å²) in [7, 11) is 0. The highest BCUT2D eigenvalue weighted by Crippen LogP contribution is 2.19. The number of hydrogen-bond acceptors (Lipinski definition) is 2. The minimum atomic E-state index is -0.264. The molecule has 0 spiro atoms. The lowest BCUT2D eigenvalue weighted by Gasteiger charge is -2.23. The molecule has 4 nitrogen and oxygen atoms in total. The highest BCUT2D eigenvalue weighted by atomic mass is 16.2. The van der Waals surface area contributed by atoms with Gasteiger partial charge in [-0.3, -0.25) is 4.79 Å². The van der Waals surface area contributed by atoms with Gasteiger partial charge in [0.15, 0.2) is 6.04 Å². The Hall–Kier alpha value is -2.64. The zero-order valence-electron chi connectivity index (χ0n) is 16.7. The lowest BCUT2D eigenvalue weighted by atomic mass is 9.94. The van der Waals surface area contributed by atoms with Crippen LogP contribution in [0.2, 0.25) is 0 Å². The molecular weight excluding hydrogens is 334 g/mol. The summed E-state index contributed by atoms with van der Waals surface area (Å²) in [6.45, 7) is 8.45. The number of aryl methyl sites for hydroxylation is 1. The number of nitrogens with zero attached hydrogens (tertiary/aromatic N) is 1. The molecule has 0 unspecified atom stereocenters. The van der Waals surface area contributed by atoms with Crippen LogP contribution in [-0.4, -0.2) is 11.9 Å². The van der Waals surface area contributed by atoms with Gasteiger partial charge in [-0.25, -0.2) is 0 Å². The molecule has 0 fully saturated rings. The van der Waals surface area contributed by atoms with Gasteiger partial charge in [0.2, 0.25) is 0 Å². The minimum absolute atomic E-state index is 0.0917. The number of rotatable bonds is 8.